The molecule has 5 nitrogen and oxygen atoms in total. The number of rotatable bonds is 3. The maximum absolute atomic E-state index is 10.7. The molecular formula is C9H6BO5. The lowest BCUT2D eigenvalue weighted by Crippen LogP contribution is -1.97. The molecule has 2 aromatic rings. The quantitative estimate of drug-likeness (QED) is 0.731. The molecule has 1 aromatic carbocycles. The monoisotopic (exact) mass is 205 g/mol. The second-order valence-electron chi connectivity index (χ2n) is 2.85. The van der Waals surface area contributed by atoms with Gasteiger partial charge in [-0.15, -0.1) is 0 Å². The van der Waals surface area contributed by atoms with Gasteiger partial charge >= 0.3 is 13.7 Å². The van der Waals surface area contributed by atoms with Crippen LogP contribution in [0.25, 0.3) is 11.0 Å². The normalized spacial score (nSPS) is 10.2. The zero-order chi connectivity index (χ0) is 10.8. The number of carbonyl (C=O) groups is 1. The fourth-order valence-electron chi connectivity index (χ4n) is 1.26. The Morgan fingerprint density at radius 1 is 1.40 bits per heavy atom. The van der Waals surface area contributed by atoms with E-state index in [2.05, 4.69) is 4.65 Å². The van der Waals surface area contributed by atoms with Gasteiger partial charge in [-0.2, -0.15) is 0 Å². The third kappa shape index (κ3) is 1.80. The molecule has 0 aliphatic carbocycles. The molecule has 0 aliphatic rings. The Bertz CT molecular complexity index is 504. The maximum atomic E-state index is 10.7. The summed E-state index contributed by atoms with van der Waals surface area (Å²) in [5.41, 5.74) is 0.666. The van der Waals surface area contributed by atoms with E-state index in [4.69, 9.17) is 14.5 Å². The van der Waals surface area contributed by atoms with Crippen LogP contribution in [-0.4, -0.2) is 23.8 Å². The summed E-state index contributed by atoms with van der Waals surface area (Å²) in [6, 6.07) is 5.92. The Morgan fingerprint density at radius 3 is 2.87 bits per heavy atom. The predicted molar refractivity (Wildman–Crippen MR) is 51.8 cm³/mol. The first-order valence-corrected chi connectivity index (χ1v) is 4.10. The first kappa shape index (κ1) is 9.60. The molecule has 0 spiro atoms. The summed E-state index contributed by atoms with van der Waals surface area (Å²) < 4.78 is 9.74. The van der Waals surface area contributed by atoms with Crippen LogP contribution in [0.5, 0.6) is 5.95 Å². The zero-order valence-electron chi connectivity index (χ0n) is 7.51. The number of carboxylic acid groups (broad SMARTS) is 1. The van der Waals surface area contributed by atoms with Gasteiger partial charge in [0.1, 0.15) is 5.58 Å². The minimum atomic E-state index is -1.01. The topological polar surface area (TPSA) is 79.9 Å². The van der Waals surface area contributed by atoms with Crippen molar-refractivity contribution in [2.75, 3.05) is 0 Å². The number of fused-ring (bicyclic) bond motifs is 1. The lowest BCUT2D eigenvalue weighted by Gasteiger charge is -1.92. The average Bonchev–Trinajstić information content (AvgIpc) is 2.59. The van der Waals surface area contributed by atoms with Crippen LogP contribution >= 0.6 is 0 Å². The molecule has 0 aliphatic heterocycles. The third-order valence-electron chi connectivity index (χ3n) is 1.91. The van der Waals surface area contributed by atoms with Crippen molar-refractivity contribution < 1.29 is 24.0 Å². The molecule has 6 heteroatoms. The lowest BCUT2D eigenvalue weighted by molar-refractivity contribution is 0.0697. The standard InChI is InChI=1S/C9H6BO5/c11-9(12)5-1-2-7-6(3-5)4-8(14-7)15-10-13/h1-4,13H,(H,11,12). The molecular weight excluding hydrogens is 199 g/mol. The van der Waals surface area contributed by atoms with Crippen molar-refractivity contribution in [3.63, 3.8) is 0 Å². The number of hydrogen-bond donors (Lipinski definition) is 2. The van der Waals surface area contributed by atoms with E-state index >= 15 is 0 Å². The molecule has 1 heterocycles. The highest BCUT2D eigenvalue weighted by Crippen LogP contribution is 2.25. The minimum Gasteiger partial charge on any atom is -0.510 e. The van der Waals surface area contributed by atoms with Crippen LogP contribution in [-0.2, 0) is 0 Å². The predicted octanol–water partition coefficient (Wildman–Crippen LogP) is 1.04. The Labute approximate surface area is 85.2 Å². The van der Waals surface area contributed by atoms with Gasteiger partial charge in [-0.3, -0.25) is 0 Å². The lowest BCUT2D eigenvalue weighted by atomic mass is 10.2. The largest absolute Gasteiger partial charge is 0.571 e. The number of aromatic carboxylic acids is 1. The van der Waals surface area contributed by atoms with Crippen molar-refractivity contribution in [2.24, 2.45) is 0 Å². The van der Waals surface area contributed by atoms with Crippen molar-refractivity contribution in [2.45, 2.75) is 0 Å². The third-order valence-corrected chi connectivity index (χ3v) is 1.91. The van der Waals surface area contributed by atoms with Crippen LogP contribution in [0, 0.1) is 0 Å². The minimum absolute atomic E-state index is 0.107. The second-order valence-corrected chi connectivity index (χ2v) is 2.85. The molecule has 0 saturated heterocycles. The van der Waals surface area contributed by atoms with Crippen LogP contribution in [0.2, 0.25) is 0 Å². The van der Waals surface area contributed by atoms with Crippen molar-refractivity contribution in [3.8, 4) is 5.95 Å². The van der Waals surface area contributed by atoms with E-state index in [1.54, 1.807) is 0 Å². The van der Waals surface area contributed by atoms with Gasteiger partial charge in [0.15, 0.2) is 0 Å². The van der Waals surface area contributed by atoms with Crippen molar-refractivity contribution in [1.29, 1.82) is 0 Å². The van der Waals surface area contributed by atoms with Gasteiger partial charge in [-0.25, -0.2) is 4.79 Å². The highest BCUT2D eigenvalue weighted by Gasteiger charge is 2.08. The summed E-state index contributed by atoms with van der Waals surface area (Å²) in [6.45, 7) is 0. The Morgan fingerprint density at radius 2 is 2.20 bits per heavy atom. The van der Waals surface area contributed by atoms with Gasteiger partial charge in [0, 0.05) is 11.5 Å². The van der Waals surface area contributed by atoms with Crippen molar-refractivity contribution in [1.82, 2.24) is 0 Å². The summed E-state index contributed by atoms with van der Waals surface area (Å²) in [6.07, 6.45) is 0. The van der Waals surface area contributed by atoms with Crippen LogP contribution < -0.4 is 4.65 Å². The Balaban J connectivity index is 2.47. The smallest absolute Gasteiger partial charge is 0.510 e. The fourth-order valence-corrected chi connectivity index (χ4v) is 1.26. The molecule has 0 atom stereocenters. The van der Waals surface area contributed by atoms with Gasteiger partial charge in [0.2, 0.25) is 0 Å². The molecule has 1 aromatic heterocycles. The molecule has 2 rings (SSSR count). The first-order chi connectivity index (χ1) is 7.20. The Hall–Kier alpha value is -1.95. The van der Waals surface area contributed by atoms with Crippen LogP contribution in [0.4, 0.5) is 0 Å². The van der Waals surface area contributed by atoms with E-state index in [0.29, 0.717) is 18.7 Å². The van der Waals surface area contributed by atoms with Gasteiger partial charge in [-0.05, 0) is 18.2 Å². The number of hydrogen-bond acceptors (Lipinski definition) is 4. The molecule has 0 fully saturated rings. The number of furan rings is 1. The summed E-state index contributed by atoms with van der Waals surface area (Å²) >= 11 is 0. The van der Waals surface area contributed by atoms with E-state index < -0.39 is 5.97 Å². The Kier molecular flexibility index (Phi) is 2.35. The molecule has 2 N–H and O–H groups in total. The second kappa shape index (κ2) is 3.66. The molecule has 1 radical (unpaired) electrons. The molecule has 15 heavy (non-hydrogen) atoms. The van der Waals surface area contributed by atoms with Crippen LogP contribution in [0.15, 0.2) is 28.7 Å². The van der Waals surface area contributed by atoms with Gasteiger partial charge in [-0.1, -0.05) is 0 Å². The average molecular weight is 205 g/mol. The molecule has 0 unspecified atom stereocenters. The first-order valence-electron chi connectivity index (χ1n) is 4.10. The van der Waals surface area contributed by atoms with E-state index in [1.807, 2.05) is 0 Å². The summed E-state index contributed by atoms with van der Waals surface area (Å²) in [5, 5.41) is 17.7. The number of benzene rings is 1. The van der Waals surface area contributed by atoms with Crippen molar-refractivity contribution >= 4 is 24.6 Å². The number of carboxylic acids is 1. The SMILES string of the molecule is O=C(O)c1ccc2oc(O[B]O)cc2c1. The van der Waals surface area contributed by atoms with Gasteiger partial charge in [0.25, 0.3) is 5.95 Å². The van der Waals surface area contributed by atoms with E-state index in [0.717, 1.165) is 0 Å². The van der Waals surface area contributed by atoms with E-state index in [9.17, 15) is 4.79 Å². The highest BCUT2D eigenvalue weighted by molar-refractivity contribution is 6.17. The van der Waals surface area contributed by atoms with Gasteiger partial charge < -0.3 is 19.2 Å². The van der Waals surface area contributed by atoms with Crippen molar-refractivity contribution in [3.05, 3.63) is 29.8 Å². The van der Waals surface area contributed by atoms with E-state index in [1.165, 1.54) is 24.3 Å². The van der Waals surface area contributed by atoms with E-state index in [-0.39, 0.29) is 11.5 Å². The molecule has 75 valence electrons. The summed E-state index contributed by atoms with van der Waals surface area (Å²) in [4.78, 5) is 10.7. The van der Waals surface area contributed by atoms with Crippen LogP contribution in [0.3, 0.4) is 0 Å². The molecule has 0 saturated carbocycles. The summed E-state index contributed by atoms with van der Waals surface area (Å²) in [5.74, 6) is -0.899. The highest BCUT2D eigenvalue weighted by atomic mass is 16.6. The molecule has 0 amide bonds. The molecule has 0 bridgehead atoms. The zero-order valence-corrected chi connectivity index (χ0v) is 7.51. The van der Waals surface area contributed by atoms with Crippen LogP contribution in [0.1, 0.15) is 10.4 Å². The maximum Gasteiger partial charge on any atom is 0.571 e. The fraction of sp³-hybridized carbons (Fsp3) is 0. The van der Waals surface area contributed by atoms with Gasteiger partial charge in [0.05, 0.1) is 5.56 Å². The summed E-state index contributed by atoms with van der Waals surface area (Å²) in [7, 11) is 0.496.